The van der Waals surface area contributed by atoms with E-state index in [0.29, 0.717) is 5.02 Å². The van der Waals surface area contributed by atoms with Crippen LogP contribution in [-0.4, -0.2) is 10.9 Å². The summed E-state index contributed by atoms with van der Waals surface area (Å²) in [6.45, 7) is 2.28. The summed E-state index contributed by atoms with van der Waals surface area (Å²) in [5.74, 6) is 0. The summed E-state index contributed by atoms with van der Waals surface area (Å²) in [7, 11) is 0. The Labute approximate surface area is 172 Å². The third kappa shape index (κ3) is 12.9. The molecular weight excluding hydrogens is 354 g/mol. The summed E-state index contributed by atoms with van der Waals surface area (Å²) < 4.78 is 0. The highest BCUT2D eigenvalue weighted by molar-refractivity contribution is 6.30. The molecule has 0 saturated carbocycles. The van der Waals surface area contributed by atoms with E-state index < -0.39 is 0 Å². The first-order chi connectivity index (χ1) is 13.3. The maximum atomic E-state index is 9.22. The first kappa shape index (κ1) is 24.0. The zero-order chi connectivity index (χ0) is 19.6. The Morgan fingerprint density at radius 2 is 1.11 bits per heavy atom. The normalized spacial score (nSPS) is 11.9. The molecule has 0 heterocycles. The van der Waals surface area contributed by atoms with E-state index in [1.807, 2.05) is 24.3 Å². The molecule has 1 aromatic carbocycles. The number of unbranched alkanes of at least 4 members (excludes halogenated alkanes) is 14. The molecule has 0 aliphatic heterocycles. The van der Waals surface area contributed by atoms with Crippen LogP contribution in [0.3, 0.4) is 0 Å². The van der Waals surface area contributed by atoms with Gasteiger partial charge in [0.15, 0.2) is 0 Å². The van der Waals surface area contributed by atoms with Gasteiger partial charge < -0.3 is 5.21 Å². The van der Waals surface area contributed by atoms with Crippen molar-refractivity contribution in [2.75, 3.05) is 0 Å². The summed E-state index contributed by atoms with van der Waals surface area (Å²) in [6, 6.07) is 7.52. The van der Waals surface area contributed by atoms with Crippen LogP contribution in [0.25, 0.3) is 0 Å². The van der Waals surface area contributed by atoms with E-state index in [1.165, 1.54) is 89.9 Å². The number of oxime groups is 1. The molecule has 1 rings (SSSR count). The van der Waals surface area contributed by atoms with Gasteiger partial charge >= 0.3 is 0 Å². The van der Waals surface area contributed by atoms with E-state index in [1.54, 1.807) is 0 Å². The van der Waals surface area contributed by atoms with Gasteiger partial charge in [0.05, 0.1) is 5.71 Å². The second-order valence-electron chi connectivity index (χ2n) is 7.75. The number of halogens is 1. The third-order valence-corrected chi connectivity index (χ3v) is 5.57. The van der Waals surface area contributed by atoms with Crippen molar-refractivity contribution >= 4 is 17.3 Å². The van der Waals surface area contributed by atoms with E-state index >= 15 is 0 Å². The van der Waals surface area contributed by atoms with Gasteiger partial charge in [-0.05, 0) is 30.5 Å². The fourth-order valence-electron chi connectivity index (χ4n) is 3.56. The molecule has 27 heavy (non-hydrogen) atoms. The van der Waals surface area contributed by atoms with Gasteiger partial charge in [0.25, 0.3) is 0 Å². The molecule has 0 unspecified atom stereocenters. The van der Waals surface area contributed by atoms with E-state index in [2.05, 4.69) is 12.1 Å². The van der Waals surface area contributed by atoms with Gasteiger partial charge in [-0.2, -0.15) is 0 Å². The maximum absolute atomic E-state index is 9.22. The number of benzene rings is 1. The highest BCUT2D eigenvalue weighted by Crippen LogP contribution is 2.16. The Morgan fingerprint density at radius 1 is 0.704 bits per heavy atom. The molecule has 0 radical (unpaired) electrons. The lowest BCUT2D eigenvalue weighted by molar-refractivity contribution is 0.317. The lowest BCUT2D eigenvalue weighted by Gasteiger charge is -2.05. The van der Waals surface area contributed by atoms with Crippen molar-refractivity contribution in [2.45, 2.75) is 110 Å². The average Bonchev–Trinajstić information content (AvgIpc) is 2.69. The Morgan fingerprint density at radius 3 is 1.52 bits per heavy atom. The van der Waals surface area contributed by atoms with Gasteiger partial charge in [0, 0.05) is 5.02 Å². The predicted octanol–water partition coefficient (Wildman–Crippen LogP) is 8.78. The first-order valence-corrected chi connectivity index (χ1v) is 11.6. The number of rotatable bonds is 17. The molecule has 0 amide bonds. The second-order valence-corrected chi connectivity index (χ2v) is 8.19. The van der Waals surface area contributed by atoms with Crippen LogP contribution in [0.2, 0.25) is 5.02 Å². The van der Waals surface area contributed by atoms with Crippen molar-refractivity contribution in [1.82, 2.24) is 0 Å². The van der Waals surface area contributed by atoms with Gasteiger partial charge in [-0.15, -0.1) is 0 Å². The molecule has 0 aromatic heterocycles. The highest BCUT2D eigenvalue weighted by Gasteiger charge is 2.04. The zero-order valence-electron chi connectivity index (χ0n) is 17.4. The van der Waals surface area contributed by atoms with E-state index in [-0.39, 0.29) is 0 Å². The van der Waals surface area contributed by atoms with E-state index in [9.17, 15) is 5.21 Å². The van der Waals surface area contributed by atoms with Crippen molar-refractivity contribution in [3.05, 3.63) is 34.9 Å². The number of hydrogen-bond acceptors (Lipinski definition) is 2. The van der Waals surface area contributed by atoms with E-state index in [0.717, 1.165) is 24.1 Å². The van der Waals surface area contributed by atoms with Crippen LogP contribution in [0.5, 0.6) is 0 Å². The quantitative estimate of drug-likeness (QED) is 0.122. The summed E-state index contributed by atoms with van der Waals surface area (Å²) in [4.78, 5) is 0. The molecule has 2 nitrogen and oxygen atoms in total. The zero-order valence-corrected chi connectivity index (χ0v) is 18.2. The van der Waals surface area contributed by atoms with Crippen LogP contribution in [0.15, 0.2) is 29.4 Å². The molecule has 0 fully saturated rings. The lowest BCUT2D eigenvalue weighted by Crippen LogP contribution is -2.00. The number of nitrogens with zero attached hydrogens (tertiary/aromatic N) is 1. The standard InChI is InChI=1S/C24H40ClNO/c1-2-3-4-5-6-7-8-9-10-11-12-13-14-15-16-17-24(26-27)22-18-20-23(25)21-19-22/h18-21,27H,2-17H2,1H3/b26-24+. The first-order valence-electron chi connectivity index (χ1n) is 11.2. The van der Waals surface area contributed by atoms with Crippen LogP contribution in [0.4, 0.5) is 0 Å². The molecule has 3 heteroatoms. The molecule has 0 atom stereocenters. The van der Waals surface area contributed by atoms with Gasteiger partial charge in [-0.3, -0.25) is 0 Å². The SMILES string of the molecule is CCCCCCCCCCCCCCCCC/C(=N\O)c1ccc(Cl)cc1. The summed E-state index contributed by atoms with van der Waals surface area (Å²) in [6.07, 6.45) is 21.3. The van der Waals surface area contributed by atoms with Gasteiger partial charge in [0.2, 0.25) is 0 Å². The maximum Gasteiger partial charge on any atom is 0.0867 e. The van der Waals surface area contributed by atoms with Gasteiger partial charge in [0.1, 0.15) is 0 Å². The van der Waals surface area contributed by atoms with Crippen LogP contribution in [-0.2, 0) is 0 Å². The van der Waals surface area contributed by atoms with Crippen LogP contribution >= 0.6 is 11.6 Å². The number of hydrogen-bond donors (Lipinski definition) is 1. The third-order valence-electron chi connectivity index (χ3n) is 5.32. The highest BCUT2D eigenvalue weighted by atomic mass is 35.5. The van der Waals surface area contributed by atoms with Crippen LogP contribution in [0, 0.1) is 0 Å². The molecule has 1 N–H and O–H groups in total. The van der Waals surface area contributed by atoms with Crippen molar-refractivity contribution in [2.24, 2.45) is 5.16 Å². The topological polar surface area (TPSA) is 32.6 Å². The Kier molecular flexibility index (Phi) is 15.2. The molecule has 0 aliphatic rings. The van der Waals surface area contributed by atoms with Crippen molar-refractivity contribution < 1.29 is 5.21 Å². The van der Waals surface area contributed by atoms with Gasteiger partial charge in [-0.25, -0.2) is 0 Å². The Bertz CT molecular complexity index is 484. The fraction of sp³-hybridized carbons (Fsp3) is 0.708. The second kappa shape index (κ2) is 17.1. The molecule has 0 bridgehead atoms. The minimum absolute atomic E-state index is 0.711. The summed E-state index contributed by atoms with van der Waals surface area (Å²) in [5, 5.41) is 13.4. The van der Waals surface area contributed by atoms with E-state index in [4.69, 9.17) is 11.6 Å². The monoisotopic (exact) mass is 393 g/mol. The molecule has 0 aliphatic carbocycles. The molecule has 0 spiro atoms. The Balaban J connectivity index is 1.89. The van der Waals surface area contributed by atoms with Crippen molar-refractivity contribution in [3.63, 3.8) is 0 Å². The minimum Gasteiger partial charge on any atom is -0.411 e. The molecule has 0 saturated heterocycles. The lowest BCUT2D eigenvalue weighted by atomic mass is 10.0. The van der Waals surface area contributed by atoms with Crippen LogP contribution in [0.1, 0.15) is 115 Å². The average molecular weight is 394 g/mol. The summed E-state index contributed by atoms with van der Waals surface area (Å²) >= 11 is 5.90. The Hall–Kier alpha value is -1.02. The smallest absolute Gasteiger partial charge is 0.0867 e. The van der Waals surface area contributed by atoms with Crippen molar-refractivity contribution in [3.8, 4) is 0 Å². The molecule has 154 valence electrons. The predicted molar refractivity (Wildman–Crippen MR) is 119 cm³/mol. The van der Waals surface area contributed by atoms with Gasteiger partial charge in [-0.1, -0.05) is 126 Å². The summed E-state index contributed by atoms with van der Waals surface area (Å²) in [5.41, 5.74) is 1.73. The molecular formula is C24H40ClNO. The fourth-order valence-corrected chi connectivity index (χ4v) is 3.68. The minimum atomic E-state index is 0.711. The largest absolute Gasteiger partial charge is 0.411 e. The van der Waals surface area contributed by atoms with Crippen molar-refractivity contribution in [1.29, 1.82) is 0 Å². The van der Waals surface area contributed by atoms with Crippen LogP contribution < -0.4 is 0 Å². The molecule has 1 aromatic rings.